The molecule has 1 unspecified atom stereocenters. The fraction of sp³-hybridized carbons (Fsp3) is 0.462. The first kappa shape index (κ1) is 13.6. The minimum absolute atomic E-state index is 0.142. The van der Waals surface area contributed by atoms with Gasteiger partial charge in [0.1, 0.15) is 6.33 Å². The number of nitrogens with one attached hydrogen (secondary N) is 1. The molecule has 2 aromatic rings. The Morgan fingerprint density at radius 1 is 1.42 bits per heavy atom. The first-order valence-corrected chi connectivity index (χ1v) is 6.25. The van der Waals surface area contributed by atoms with E-state index in [2.05, 4.69) is 27.8 Å². The number of aliphatic hydroxyl groups is 1. The number of hydrogen-bond acceptors (Lipinski definition) is 5. The molecular formula is C13H19N5O. The summed E-state index contributed by atoms with van der Waals surface area (Å²) < 4.78 is 1.62. The molecule has 6 nitrogen and oxygen atoms in total. The Kier molecular flexibility index (Phi) is 3.92. The SMILES string of the molecule is CC(NCC(C)(C)O)c1cccc(-n2cnnn2)c1. The smallest absolute Gasteiger partial charge is 0.143 e. The molecule has 6 heteroatoms. The summed E-state index contributed by atoms with van der Waals surface area (Å²) in [7, 11) is 0. The summed E-state index contributed by atoms with van der Waals surface area (Å²) in [6.07, 6.45) is 1.56. The quantitative estimate of drug-likeness (QED) is 0.842. The van der Waals surface area contributed by atoms with Gasteiger partial charge in [0.2, 0.25) is 0 Å². The van der Waals surface area contributed by atoms with Crippen LogP contribution in [0.2, 0.25) is 0 Å². The summed E-state index contributed by atoms with van der Waals surface area (Å²) in [6.45, 7) is 6.15. The summed E-state index contributed by atoms with van der Waals surface area (Å²) >= 11 is 0. The van der Waals surface area contributed by atoms with Gasteiger partial charge in [-0.25, -0.2) is 4.68 Å². The predicted octanol–water partition coefficient (Wildman–Crippen LogP) is 1.08. The van der Waals surface area contributed by atoms with Gasteiger partial charge in [0.25, 0.3) is 0 Å². The van der Waals surface area contributed by atoms with Gasteiger partial charge in [0, 0.05) is 12.6 Å². The van der Waals surface area contributed by atoms with Gasteiger partial charge in [-0.1, -0.05) is 12.1 Å². The van der Waals surface area contributed by atoms with E-state index < -0.39 is 5.60 Å². The van der Waals surface area contributed by atoms with Crippen LogP contribution in [0, 0.1) is 0 Å². The zero-order valence-corrected chi connectivity index (χ0v) is 11.4. The minimum Gasteiger partial charge on any atom is -0.389 e. The van der Waals surface area contributed by atoms with Gasteiger partial charge in [-0.3, -0.25) is 0 Å². The monoisotopic (exact) mass is 261 g/mol. The maximum atomic E-state index is 9.73. The molecule has 0 fully saturated rings. The van der Waals surface area contributed by atoms with Crippen LogP contribution in [-0.2, 0) is 0 Å². The highest BCUT2D eigenvalue weighted by Gasteiger charge is 2.14. The minimum atomic E-state index is -0.721. The fourth-order valence-corrected chi connectivity index (χ4v) is 1.74. The third-order valence-corrected chi connectivity index (χ3v) is 2.82. The molecule has 1 heterocycles. The van der Waals surface area contributed by atoms with Gasteiger partial charge < -0.3 is 10.4 Å². The van der Waals surface area contributed by atoms with Crippen molar-refractivity contribution in [1.29, 1.82) is 0 Å². The number of aromatic nitrogens is 4. The van der Waals surface area contributed by atoms with Crippen molar-refractivity contribution in [2.75, 3.05) is 6.54 Å². The Labute approximate surface area is 112 Å². The van der Waals surface area contributed by atoms with Crippen molar-refractivity contribution in [3.8, 4) is 5.69 Å². The van der Waals surface area contributed by atoms with E-state index in [1.165, 1.54) is 0 Å². The molecule has 1 aromatic heterocycles. The Morgan fingerprint density at radius 3 is 2.84 bits per heavy atom. The van der Waals surface area contributed by atoms with Crippen LogP contribution in [0.15, 0.2) is 30.6 Å². The van der Waals surface area contributed by atoms with E-state index in [0.717, 1.165) is 11.3 Å². The van der Waals surface area contributed by atoms with Crippen molar-refractivity contribution in [3.05, 3.63) is 36.2 Å². The van der Waals surface area contributed by atoms with Crippen LogP contribution in [0.4, 0.5) is 0 Å². The first-order chi connectivity index (χ1) is 8.96. The molecule has 1 aromatic carbocycles. The van der Waals surface area contributed by atoms with Crippen molar-refractivity contribution >= 4 is 0 Å². The van der Waals surface area contributed by atoms with Crippen molar-refractivity contribution in [1.82, 2.24) is 25.5 Å². The largest absolute Gasteiger partial charge is 0.389 e. The fourth-order valence-electron chi connectivity index (χ4n) is 1.74. The lowest BCUT2D eigenvalue weighted by Gasteiger charge is -2.22. The molecule has 1 atom stereocenters. The Morgan fingerprint density at radius 2 is 2.21 bits per heavy atom. The van der Waals surface area contributed by atoms with Crippen molar-refractivity contribution in [2.45, 2.75) is 32.4 Å². The lowest BCUT2D eigenvalue weighted by Crippen LogP contribution is -2.36. The maximum absolute atomic E-state index is 9.73. The molecule has 2 N–H and O–H groups in total. The zero-order chi connectivity index (χ0) is 13.9. The molecule has 19 heavy (non-hydrogen) atoms. The average molecular weight is 261 g/mol. The topological polar surface area (TPSA) is 75.9 Å². The second-order valence-corrected chi connectivity index (χ2v) is 5.26. The van der Waals surface area contributed by atoms with Gasteiger partial charge in [0.05, 0.1) is 11.3 Å². The Balaban J connectivity index is 2.10. The third kappa shape index (κ3) is 3.84. The molecule has 2 rings (SSSR count). The molecule has 102 valence electrons. The molecule has 0 radical (unpaired) electrons. The lowest BCUT2D eigenvalue weighted by atomic mass is 10.1. The summed E-state index contributed by atoms with van der Waals surface area (Å²) in [6, 6.07) is 8.12. The van der Waals surface area contributed by atoms with Crippen LogP contribution in [-0.4, -0.2) is 37.5 Å². The highest BCUT2D eigenvalue weighted by molar-refractivity contribution is 5.35. The van der Waals surface area contributed by atoms with E-state index >= 15 is 0 Å². The number of tetrazole rings is 1. The lowest BCUT2D eigenvalue weighted by molar-refractivity contribution is 0.0770. The van der Waals surface area contributed by atoms with E-state index in [4.69, 9.17) is 0 Å². The molecule has 0 aliphatic carbocycles. The van der Waals surface area contributed by atoms with Crippen LogP contribution < -0.4 is 5.32 Å². The van der Waals surface area contributed by atoms with Crippen LogP contribution in [0.3, 0.4) is 0 Å². The highest BCUT2D eigenvalue weighted by Crippen LogP contribution is 2.16. The number of benzene rings is 1. The molecule has 0 amide bonds. The van der Waals surface area contributed by atoms with Gasteiger partial charge in [0.15, 0.2) is 0 Å². The maximum Gasteiger partial charge on any atom is 0.143 e. The Hall–Kier alpha value is -1.79. The summed E-state index contributed by atoms with van der Waals surface area (Å²) in [5.74, 6) is 0. The average Bonchev–Trinajstić information content (AvgIpc) is 2.89. The highest BCUT2D eigenvalue weighted by atomic mass is 16.3. The van der Waals surface area contributed by atoms with Crippen LogP contribution >= 0.6 is 0 Å². The second kappa shape index (κ2) is 5.46. The summed E-state index contributed by atoms with van der Waals surface area (Å²) in [5, 5.41) is 24.1. The molecule has 0 aliphatic heterocycles. The summed E-state index contributed by atoms with van der Waals surface area (Å²) in [4.78, 5) is 0. The van der Waals surface area contributed by atoms with E-state index in [0.29, 0.717) is 6.54 Å². The summed E-state index contributed by atoms with van der Waals surface area (Å²) in [5.41, 5.74) is 1.32. The van der Waals surface area contributed by atoms with E-state index in [-0.39, 0.29) is 6.04 Å². The number of rotatable bonds is 5. The first-order valence-electron chi connectivity index (χ1n) is 6.25. The second-order valence-electron chi connectivity index (χ2n) is 5.26. The Bertz CT molecular complexity index is 518. The zero-order valence-electron chi connectivity index (χ0n) is 11.4. The van der Waals surface area contributed by atoms with Gasteiger partial charge >= 0.3 is 0 Å². The molecule has 0 saturated heterocycles. The van der Waals surface area contributed by atoms with Gasteiger partial charge in [-0.05, 0) is 48.9 Å². The molecule has 0 saturated carbocycles. The van der Waals surface area contributed by atoms with Gasteiger partial charge in [-0.2, -0.15) is 0 Å². The molecule has 0 spiro atoms. The van der Waals surface area contributed by atoms with E-state index in [1.807, 2.05) is 24.3 Å². The van der Waals surface area contributed by atoms with Crippen LogP contribution in [0.5, 0.6) is 0 Å². The molecular weight excluding hydrogens is 242 g/mol. The standard InChI is InChI=1S/C13H19N5O/c1-10(14-8-13(2,3)19)11-5-4-6-12(7-11)18-9-15-16-17-18/h4-7,9-10,14,19H,8H2,1-3H3. The normalized spacial score (nSPS) is 13.5. The van der Waals surface area contributed by atoms with Crippen molar-refractivity contribution in [2.24, 2.45) is 0 Å². The third-order valence-electron chi connectivity index (χ3n) is 2.82. The number of hydrogen-bond donors (Lipinski definition) is 2. The molecule has 0 aliphatic rings. The van der Waals surface area contributed by atoms with Crippen molar-refractivity contribution in [3.63, 3.8) is 0 Å². The van der Waals surface area contributed by atoms with E-state index in [1.54, 1.807) is 24.9 Å². The predicted molar refractivity (Wildman–Crippen MR) is 71.9 cm³/mol. The van der Waals surface area contributed by atoms with Crippen LogP contribution in [0.25, 0.3) is 5.69 Å². The van der Waals surface area contributed by atoms with Crippen LogP contribution in [0.1, 0.15) is 32.4 Å². The number of nitrogens with zero attached hydrogens (tertiary/aromatic N) is 4. The molecule has 0 bridgehead atoms. The van der Waals surface area contributed by atoms with Crippen molar-refractivity contribution < 1.29 is 5.11 Å². The van der Waals surface area contributed by atoms with E-state index in [9.17, 15) is 5.11 Å². The van der Waals surface area contributed by atoms with Gasteiger partial charge in [-0.15, -0.1) is 5.10 Å².